The minimum absolute atomic E-state index is 0.0201. The van der Waals surface area contributed by atoms with E-state index in [1.165, 1.54) is 0 Å². The quantitative estimate of drug-likeness (QED) is 0.930. The van der Waals surface area contributed by atoms with E-state index >= 15 is 0 Å². The maximum atomic E-state index is 12.2. The van der Waals surface area contributed by atoms with Crippen molar-refractivity contribution in [3.63, 3.8) is 0 Å². The molecule has 1 aromatic rings. The fraction of sp³-hybridized carbons (Fsp3) is 0.500. The van der Waals surface area contributed by atoms with Crippen LogP contribution in [0.5, 0.6) is 0 Å². The van der Waals surface area contributed by atoms with E-state index in [9.17, 15) is 9.59 Å². The SMILES string of the molecule is CCOC(=O)Nc1ccc2c(c1)CCCN2C(=O)C(C)C. The van der Waals surface area contributed by atoms with Crippen molar-refractivity contribution in [1.29, 1.82) is 0 Å². The van der Waals surface area contributed by atoms with Crippen molar-refractivity contribution in [3.05, 3.63) is 23.8 Å². The Kier molecular flexibility index (Phi) is 4.83. The third-order valence-electron chi connectivity index (χ3n) is 3.48. The van der Waals surface area contributed by atoms with Gasteiger partial charge in [0.05, 0.1) is 6.61 Å². The first kappa shape index (κ1) is 15.4. The first-order chi connectivity index (χ1) is 10.0. The van der Waals surface area contributed by atoms with Crippen LogP contribution in [0, 0.1) is 5.92 Å². The second kappa shape index (κ2) is 6.61. The summed E-state index contributed by atoms with van der Waals surface area (Å²) >= 11 is 0. The van der Waals surface area contributed by atoms with Crippen LogP contribution in [0.2, 0.25) is 0 Å². The number of benzene rings is 1. The Balaban J connectivity index is 2.20. The highest BCUT2D eigenvalue weighted by Crippen LogP contribution is 2.30. The van der Waals surface area contributed by atoms with Gasteiger partial charge in [-0.1, -0.05) is 13.8 Å². The van der Waals surface area contributed by atoms with Gasteiger partial charge in [-0.05, 0) is 43.5 Å². The van der Waals surface area contributed by atoms with Crippen molar-refractivity contribution in [2.24, 2.45) is 5.92 Å². The van der Waals surface area contributed by atoms with Crippen LogP contribution >= 0.6 is 0 Å². The van der Waals surface area contributed by atoms with Gasteiger partial charge in [-0.25, -0.2) is 4.79 Å². The lowest BCUT2D eigenvalue weighted by atomic mass is 9.99. The van der Waals surface area contributed by atoms with Gasteiger partial charge in [0.1, 0.15) is 0 Å². The summed E-state index contributed by atoms with van der Waals surface area (Å²) in [5, 5.41) is 2.70. The normalized spacial score (nSPS) is 13.8. The fourth-order valence-electron chi connectivity index (χ4n) is 2.50. The van der Waals surface area contributed by atoms with E-state index in [2.05, 4.69) is 5.32 Å². The molecule has 114 valence electrons. The van der Waals surface area contributed by atoms with E-state index in [4.69, 9.17) is 4.74 Å². The molecule has 5 heteroatoms. The van der Waals surface area contributed by atoms with Gasteiger partial charge in [-0.2, -0.15) is 0 Å². The first-order valence-corrected chi connectivity index (χ1v) is 7.41. The smallest absolute Gasteiger partial charge is 0.411 e. The lowest BCUT2D eigenvalue weighted by Gasteiger charge is -2.31. The zero-order valence-electron chi connectivity index (χ0n) is 12.8. The Morgan fingerprint density at radius 1 is 1.38 bits per heavy atom. The molecule has 2 rings (SSSR count). The number of anilines is 2. The lowest BCUT2D eigenvalue weighted by Crippen LogP contribution is -2.38. The Morgan fingerprint density at radius 3 is 2.81 bits per heavy atom. The van der Waals surface area contributed by atoms with E-state index in [1.807, 2.05) is 36.9 Å². The molecule has 1 N–H and O–H groups in total. The van der Waals surface area contributed by atoms with Gasteiger partial charge >= 0.3 is 6.09 Å². The zero-order chi connectivity index (χ0) is 15.4. The fourth-order valence-corrected chi connectivity index (χ4v) is 2.50. The maximum absolute atomic E-state index is 12.2. The topological polar surface area (TPSA) is 58.6 Å². The van der Waals surface area contributed by atoms with E-state index in [0.717, 1.165) is 30.6 Å². The number of amides is 2. The van der Waals surface area contributed by atoms with E-state index in [-0.39, 0.29) is 11.8 Å². The molecule has 21 heavy (non-hydrogen) atoms. The third-order valence-corrected chi connectivity index (χ3v) is 3.48. The third kappa shape index (κ3) is 3.54. The summed E-state index contributed by atoms with van der Waals surface area (Å²) < 4.78 is 4.87. The van der Waals surface area contributed by atoms with Crippen molar-refractivity contribution in [1.82, 2.24) is 0 Å². The summed E-state index contributed by atoms with van der Waals surface area (Å²) in [7, 11) is 0. The molecule has 1 aliphatic heterocycles. The Bertz CT molecular complexity index is 540. The highest BCUT2D eigenvalue weighted by atomic mass is 16.5. The Morgan fingerprint density at radius 2 is 2.14 bits per heavy atom. The Labute approximate surface area is 125 Å². The lowest BCUT2D eigenvalue weighted by molar-refractivity contribution is -0.121. The molecule has 1 aliphatic rings. The molecular formula is C16H22N2O3. The second-order valence-corrected chi connectivity index (χ2v) is 5.44. The van der Waals surface area contributed by atoms with Crippen molar-refractivity contribution < 1.29 is 14.3 Å². The summed E-state index contributed by atoms with van der Waals surface area (Å²) in [6.07, 6.45) is 1.40. The number of aryl methyl sites for hydroxylation is 1. The molecule has 0 fully saturated rings. The molecule has 2 amide bonds. The van der Waals surface area contributed by atoms with Gasteiger partial charge in [0.2, 0.25) is 5.91 Å². The molecule has 1 heterocycles. The number of carbonyl (C=O) groups excluding carboxylic acids is 2. The van der Waals surface area contributed by atoms with Crippen molar-refractivity contribution in [2.45, 2.75) is 33.6 Å². The molecule has 0 spiro atoms. The van der Waals surface area contributed by atoms with Crippen LogP contribution in [0.15, 0.2) is 18.2 Å². The number of hydrogen-bond donors (Lipinski definition) is 1. The van der Waals surface area contributed by atoms with Crippen LogP contribution in [0.4, 0.5) is 16.2 Å². The monoisotopic (exact) mass is 290 g/mol. The average molecular weight is 290 g/mol. The van der Waals surface area contributed by atoms with Crippen LogP contribution in [-0.2, 0) is 16.0 Å². The first-order valence-electron chi connectivity index (χ1n) is 7.41. The van der Waals surface area contributed by atoms with Crippen molar-refractivity contribution in [3.8, 4) is 0 Å². The van der Waals surface area contributed by atoms with E-state index in [0.29, 0.717) is 12.3 Å². The van der Waals surface area contributed by atoms with E-state index < -0.39 is 6.09 Å². The highest BCUT2D eigenvalue weighted by molar-refractivity contribution is 5.96. The molecule has 0 unspecified atom stereocenters. The van der Waals surface area contributed by atoms with Crippen molar-refractivity contribution in [2.75, 3.05) is 23.4 Å². The molecule has 0 saturated carbocycles. The van der Waals surface area contributed by atoms with Crippen LogP contribution in [0.25, 0.3) is 0 Å². The predicted molar refractivity (Wildman–Crippen MR) is 82.6 cm³/mol. The molecule has 0 atom stereocenters. The average Bonchev–Trinajstić information content (AvgIpc) is 2.45. The second-order valence-electron chi connectivity index (χ2n) is 5.44. The Hall–Kier alpha value is -2.04. The van der Waals surface area contributed by atoms with Crippen molar-refractivity contribution >= 4 is 23.4 Å². The summed E-state index contributed by atoms with van der Waals surface area (Å²) in [5.41, 5.74) is 2.74. The highest BCUT2D eigenvalue weighted by Gasteiger charge is 2.24. The van der Waals surface area contributed by atoms with Gasteiger partial charge in [0.25, 0.3) is 0 Å². The van der Waals surface area contributed by atoms with Crippen LogP contribution < -0.4 is 10.2 Å². The van der Waals surface area contributed by atoms with Gasteiger partial charge in [-0.15, -0.1) is 0 Å². The number of nitrogens with one attached hydrogen (secondary N) is 1. The number of ether oxygens (including phenoxy) is 1. The minimum Gasteiger partial charge on any atom is -0.450 e. The molecule has 0 bridgehead atoms. The van der Waals surface area contributed by atoms with E-state index in [1.54, 1.807) is 6.92 Å². The summed E-state index contributed by atoms with van der Waals surface area (Å²) in [4.78, 5) is 25.5. The molecule has 0 saturated heterocycles. The number of fused-ring (bicyclic) bond motifs is 1. The summed E-state index contributed by atoms with van der Waals surface area (Å²) in [5.74, 6) is 0.121. The number of nitrogens with zero attached hydrogens (tertiary/aromatic N) is 1. The molecule has 0 aliphatic carbocycles. The molecule has 0 radical (unpaired) electrons. The number of hydrogen-bond acceptors (Lipinski definition) is 3. The van der Waals surface area contributed by atoms with Gasteiger partial charge in [0.15, 0.2) is 0 Å². The molecular weight excluding hydrogens is 268 g/mol. The molecule has 0 aromatic heterocycles. The molecule has 5 nitrogen and oxygen atoms in total. The summed E-state index contributed by atoms with van der Waals surface area (Å²) in [6.45, 7) is 6.69. The van der Waals surface area contributed by atoms with Gasteiger partial charge in [0, 0.05) is 23.8 Å². The number of carbonyl (C=O) groups is 2. The van der Waals surface area contributed by atoms with Crippen LogP contribution in [-0.4, -0.2) is 25.2 Å². The predicted octanol–water partition coefficient (Wildman–Crippen LogP) is 3.19. The van der Waals surface area contributed by atoms with Crippen LogP contribution in [0.1, 0.15) is 32.8 Å². The van der Waals surface area contributed by atoms with Gasteiger partial charge in [-0.3, -0.25) is 10.1 Å². The summed E-state index contributed by atoms with van der Waals surface area (Å²) in [6, 6.07) is 5.63. The zero-order valence-corrected chi connectivity index (χ0v) is 12.8. The largest absolute Gasteiger partial charge is 0.450 e. The number of rotatable bonds is 3. The van der Waals surface area contributed by atoms with Crippen LogP contribution in [0.3, 0.4) is 0 Å². The maximum Gasteiger partial charge on any atom is 0.411 e. The van der Waals surface area contributed by atoms with Gasteiger partial charge < -0.3 is 9.64 Å². The molecule has 1 aromatic carbocycles. The standard InChI is InChI=1S/C16H22N2O3/c1-4-21-16(20)17-13-7-8-14-12(10-13)6-5-9-18(14)15(19)11(2)3/h7-8,10-11H,4-6,9H2,1-3H3,(H,17,20). The minimum atomic E-state index is -0.455.